The molecule has 0 unspecified atom stereocenters. The summed E-state index contributed by atoms with van der Waals surface area (Å²) < 4.78 is 0. The molecule has 0 aliphatic carbocycles. The molecule has 0 spiro atoms. The summed E-state index contributed by atoms with van der Waals surface area (Å²) in [7, 11) is -4.61. The van der Waals surface area contributed by atoms with Crippen molar-refractivity contribution in [1.82, 2.24) is 0 Å². The maximum atomic E-state index is 7.33. The smallest absolute Gasteiger partial charge is 1.00 e. The first-order valence-corrected chi connectivity index (χ1v) is 2.68. The van der Waals surface area contributed by atoms with E-state index < -0.39 is 9.05 Å². The van der Waals surface area contributed by atoms with Gasteiger partial charge in [-0.15, -0.1) is 0 Å². The van der Waals surface area contributed by atoms with E-state index in [1.807, 2.05) is 0 Å². The molecule has 0 atom stereocenters. The first-order valence-electron chi connectivity index (χ1n) is 0.894. The van der Waals surface area contributed by atoms with E-state index in [2.05, 4.69) is 0 Å². The van der Waals surface area contributed by atoms with Crippen molar-refractivity contribution in [1.29, 1.82) is 0 Å². The minimum absolute atomic E-state index is 0. The van der Waals surface area contributed by atoms with Crippen LogP contribution in [0.5, 0.6) is 0 Å². The largest absolute Gasteiger partial charge is 1.00 e. The fraction of sp³-hybridized carbons (Fsp3) is 0. The first kappa shape index (κ1) is 16.1. The van der Waals surface area contributed by atoms with Gasteiger partial charge >= 0.3 is 38.6 Å². The van der Waals surface area contributed by atoms with E-state index in [1.54, 1.807) is 0 Å². The second kappa shape index (κ2) is 6.28. The van der Waals surface area contributed by atoms with Gasteiger partial charge in [0, 0.05) is 32.7 Å². The van der Waals surface area contributed by atoms with Crippen LogP contribution in [-0.2, 0) is 32.7 Å². The summed E-state index contributed by atoms with van der Waals surface area (Å²) in [6.45, 7) is 0. The molecule has 0 amide bonds. The van der Waals surface area contributed by atoms with Crippen LogP contribution in [-0.4, -0.2) is 28.2 Å². The van der Waals surface area contributed by atoms with Crippen LogP contribution in [0, 0.1) is 0 Å². The minimum Gasteiger partial charge on any atom is -1.00 e. The molecule has 0 saturated heterocycles. The van der Waals surface area contributed by atoms with Crippen LogP contribution < -0.4 is 29.6 Å². The molecule has 37 valence electrons. The Kier molecular flexibility index (Phi) is 14.4. The van der Waals surface area contributed by atoms with Crippen molar-refractivity contribution in [3.8, 4) is 0 Å². The van der Waals surface area contributed by atoms with Gasteiger partial charge in [0.05, 0.1) is 0 Å². The molecule has 0 aliphatic rings. The van der Waals surface area contributed by atoms with Crippen LogP contribution in [0.3, 0.4) is 0 Å². The van der Waals surface area contributed by atoms with Crippen molar-refractivity contribution in [2.45, 2.75) is 0 Å². The van der Waals surface area contributed by atoms with Gasteiger partial charge in [-0.05, 0) is 0 Å². The Morgan fingerprint density at radius 3 is 1.00 bits per heavy atom. The van der Waals surface area contributed by atoms with Crippen LogP contribution in [0.15, 0.2) is 0 Å². The molecule has 0 heterocycles. The molecule has 0 rings (SSSR count). The molecular formula is H5NaO4SiY. The number of hydrogen-bond donors (Lipinski definition) is 4. The Hall–Kier alpha value is 2.16. The van der Waals surface area contributed by atoms with E-state index >= 15 is 0 Å². The van der Waals surface area contributed by atoms with Crippen LogP contribution in [0.2, 0.25) is 0 Å². The quantitative estimate of drug-likeness (QED) is 0.300. The van der Waals surface area contributed by atoms with E-state index in [-0.39, 0.29) is 63.7 Å². The molecule has 0 bridgehead atoms. The maximum absolute atomic E-state index is 7.33. The third-order valence-electron chi connectivity index (χ3n) is 0. The van der Waals surface area contributed by atoms with Gasteiger partial charge in [0.2, 0.25) is 0 Å². The van der Waals surface area contributed by atoms with E-state index in [1.165, 1.54) is 0 Å². The SMILES string of the molecule is O[Si](O)(O)O.[H-].[Na+].[Y]. The molecule has 4 N–H and O–H groups in total. The summed E-state index contributed by atoms with van der Waals surface area (Å²) in [6, 6.07) is 0. The Bertz CT molecular complexity index is 31.5. The molecule has 4 nitrogen and oxygen atoms in total. The van der Waals surface area contributed by atoms with E-state index in [0.29, 0.717) is 0 Å². The molecule has 0 aliphatic heterocycles. The molecule has 7 heteroatoms. The van der Waals surface area contributed by atoms with Crippen LogP contribution in [0.1, 0.15) is 1.43 Å². The van der Waals surface area contributed by atoms with Gasteiger partial charge < -0.3 is 20.6 Å². The fourth-order valence-electron chi connectivity index (χ4n) is 0. The molecule has 0 fully saturated rings. The van der Waals surface area contributed by atoms with E-state index in [0.717, 1.165) is 0 Å². The van der Waals surface area contributed by atoms with Crippen molar-refractivity contribution in [2.75, 3.05) is 0 Å². The molecular weight excluding hydrogens is 204 g/mol. The zero-order valence-electron chi connectivity index (χ0n) is 4.87. The Morgan fingerprint density at radius 2 is 1.00 bits per heavy atom. The molecule has 1 radical (unpaired) electrons. The van der Waals surface area contributed by atoms with Crippen molar-refractivity contribution in [3.05, 3.63) is 0 Å². The second-order valence-corrected chi connectivity index (χ2v) is 1.80. The normalized spacial score (nSPS) is 8.57. The molecule has 7 heavy (non-hydrogen) atoms. The third-order valence-corrected chi connectivity index (χ3v) is 0. The van der Waals surface area contributed by atoms with Crippen molar-refractivity contribution < 1.29 is 82.9 Å². The molecule has 0 aromatic carbocycles. The Labute approximate surface area is 90.7 Å². The van der Waals surface area contributed by atoms with Gasteiger partial charge in [-0.25, -0.2) is 0 Å². The standard InChI is InChI=1S/Na.H4O4Si.Y.H/c;1-5(2,3)4;;/h;1-4H;;/q+1;;;-1. The summed E-state index contributed by atoms with van der Waals surface area (Å²) >= 11 is 0. The zero-order valence-corrected chi connectivity index (χ0v) is 9.70. The monoisotopic (exact) mass is 209 g/mol. The summed E-state index contributed by atoms with van der Waals surface area (Å²) in [5.74, 6) is 0. The van der Waals surface area contributed by atoms with E-state index in [9.17, 15) is 0 Å². The average Bonchev–Trinajstić information content (AvgIpc) is 0.722. The predicted molar refractivity (Wildman–Crippen MR) is 15.7 cm³/mol. The van der Waals surface area contributed by atoms with E-state index in [4.69, 9.17) is 19.2 Å². The molecule has 0 aromatic heterocycles. The van der Waals surface area contributed by atoms with Crippen molar-refractivity contribution >= 4 is 9.05 Å². The molecule has 0 saturated carbocycles. The third kappa shape index (κ3) is 66.3. The zero-order chi connectivity index (χ0) is 4.50. The maximum Gasteiger partial charge on any atom is 1.00 e. The summed E-state index contributed by atoms with van der Waals surface area (Å²) in [4.78, 5) is 29.3. The van der Waals surface area contributed by atoms with Gasteiger partial charge in [0.1, 0.15) is 0 Å². The summed E-state index contributed by atoms with van der Waals surface area (Å²) in [5.41, 5.74) is 0. The van der Waals surface area contributed by atoms with Crippen molar-refractivity contribution in [3.63, 3.8) is 0 Å². The summed E-state index contributed by atoms with van der Waals surface area (Å²) in [6.07, 6.45) is 0. The van der Waals surface area contributed by atoms with Crippen LogP contribution in [0.4, 0.5) is 0 Å². The minimum atomic E-state index is -4.61. The number of hydrogen-bond acceptors (Lipinski definition) is 4. The van der Waals surface area contributed by atoms with Crippen molar-refractivity contribution in [2.24, 2.45) is 0 Å². The van der Waals surface area contributed by atoms with Gasteiger partial charge in [-0.1, -0.05) is 0 Å². The number of rotatable bonds is 0. The second-order valence-electron chi connectivity index (χ2n) is 0.600. The van der Waals surface area contributed by atoms with Gasteiger partial charge in [-0.2, -0.15) is 0 Å². The van der Waals surface area contributed by atoms with Gasteiger partial charge in [0.25, 0.3) is 0 Å². The van der Waals surface area contributed by atoms with Crippen LogP contribution >= 0.6 is 0 Å². The fourth-order valence-corrected chi connectivity index (χ4v) is 0. The average molecular weight is 209 g/mol. The predicted octanol–water partition coefficient (Wildman–Crippen LogP) is -5.49. The van der Waals surface area contributed by atoms with Crippen LogP contribution in [0.25, 0.3) is 0 Å². The Morgan fingerprint density at radius 1 is 1.00 bits per heavy atom. The van der Waals surface area contributed by atoms with Gasteiger partial charge in [0.15, 0.2) is 0 Å². The Balaban J connectivity index is -0.0000000267. The summed E-state index contributed by atoms with van der Waals surface area (Å²) in [5, 5.41) is 0. The van der Waals surface area contributed by atoms with Gasteiger partial charge in [-0.3, -0.25) is 0 Å². The molecule has 0 aromatic rings. The first-order chi connectivity index (χ1) is 2.00. The topological polar surface area (TPSA) is 80.9 Å².